The summed E-state index contributed by atoms with van der Waals surface area (Å²) in [6, 6.07) is 8.08. The lowest BCUT2D eigenvalue weighted by atomic mass is 10.2. The molecule has 1 aromatic heterocycles. The van der Waals surface area contributed by atoms with Gasteiger partial charge in [-0.1, -0.05) is 60.5 Å². The summed E-state index contributed by atoms with van der Waals surface area (Å²) in [4.78, 5) is 14.5. The van der Waals surface area contributed by atoms with E-state index < -0.39 is 0 Å². The highest BCUT2D eigenvalue weighted by atomic mass is 35.5. The lowest BCUT2D eigenvalue weighted by molar-refractivity contribution is -0.127. The van der Waals surface area contributed by atoms with Crippen LogP contribution in [0, 0.1) is 0 Å². The van der Waals surface area contributed by atoms with Gasteiger partial charge in [-0.15, -0.1) is 10.2 Å². The van der Waals surface area contributed by atoms with Crippen LogP contribution in [0.25, 0.3) is 11.4 Å². The molecule has 3 rings (SSSR count). The monoisotopic (exact) mass is 418 g/mol. The van der Waals surface area contributed by atoms with E-state index in [-0.39, 0.29) is 5.91 Å². The van der Waals surface area contributed by atoms with Crippen LogP contribution in [0.15, 0.2) is 41.6 Å². The van der Waals surface area contributed by atoms with Gasteiger partial charge in [0, 0.05) is 24.7 Å². The van der Waals surface area contributed by atoms with Gasteiger partial charge >= 0.3 is 0 Å². The molecule has 150 valence electrons. The van der Waals surface area contributed by atoms with E-state index in [9.17, 15) is 4.79 Å². The van der Waals surface area contributed by atoms with Crippen molar-refractivity contribution >= 4 is 29.3 Å². The normalized spacial score (nSPS) is 14.4. The summed E-state index contributed by atoms with van der Waals surface area (Å²) in [7, 11) is 0. The first-order valence-corrected chi connectivity index (χ1v) is 11.1. The lowest BCUT2D eigenvalue weighted by Crippen LogP contribution is -2.33. The molecule has 0 radical (unpaired) electrons. The van der Waals surface area contributed by atoms with E-state index >= 15 is 0 Å². The Hall–Kier alpha value is -1.79. The number of likely N-dealkylation sites (N-methyl/N-ethyl adjacent to an activating group) is 1. The summed E-state index contributed by atoms with van der Waals surface area (Å²) in [6.07, 6.45) is 4.62. The largest absolute Gasteiger partial charge is 0.338 e. The molecule has 0 spiro atoms. The number of hydrogen-bond acceptors (Lipinski definition) is 4. The second-order valence-electron chi connectivity index (χ2n) is 7.25. The van der Waals surface area contributed by atoms with Gasteiger partial charge in [-0.2, -0.15) is 0 Å². The summed E-state index contributed by atoms with van der Waals surface area (Å²) in [5, 5.41) is 10.3. The minimum Gasteiger partial charge on any atom is -0.338 e. The van der Waals surface area contributed by atoms with E-state index in [1.165, 1.54) is 24.6 Å². The Balaban J connectivity index is 1.84. The highest BCUT2D eigenvalue weighted by molar-refractivity contribution is 7.99. The first-order valence-electron chi connectivity index (χ1n) is 9.76. The Morgan fingerprint density at radius 3 is 2.68 bits per heavy atom. The van der Waals surface area contributed by atoms with Crippen molar-refractivity contribution in [1.29, 1.82) is 0 Å². The zero-order chi connectivity index (χ0) is 20.1. The third-order valence-electron chi connectivity index (χ3n) is 4.99. The molecule has 2 aromatic rings. The number of aromatic nitrogens is 3. The summed E-state index contributed by atoms with van der Waals surface area (Å²) < 4.78 is 2.20. The van der Waals surface area contributed by atoms with Crippen molar-refractivity contribution in [2.75, 3.05) is 18.8 Å². The number of benzene rings is 1. The minimum atomic E-state index is 0.0933. The molecule has 0 bridgehead atoms. The number of amides is 1. The Morgan fingerprint density at radius 1 is 1.32 bits per heavy atom. The van der Waals surface area contributed by atoms with Gasteiger partial charge in [-0.25, -0.2) is 0 Å². The predicted octanol–water partition coefficient (Wildman–Crippen LogP) is 5.23. The first kappa shape index (κ1) is 20.9. The number of halogens is 1. The average Bonchev–Trinajstić information content (AvgIpc) is 3.33. The van der Waals surface area contributed by atoms with E-state index in [1.54, 1.807) is 0 Å². The Morgan fingerprint density at radius 2 is 2.04 bits per heavy atom. The number of thioether (sulfide) groups is 1. The summed E-state index contributed by atoms with van der Waals surface area (Å²) >= 11 is 7.89. The standard InChI is InChI=1S/C21H27ClN4OS/c1-4-25(13-15(2)3)19(27)14-28-21-24-23-20(17-11-7-8-12-18(17)22)26(21)16-9-5-6-10-16/h7-8,11-12,16H,2,4-6,9-10,13-14H2,1,3H3. The lowest BCUT2D eigenvalue weighted by Gasteiger charge is -2.21. The van der Waals surface area contributed by atoms with Gasteiger partial charge in [-0.05, 0) is 38.8 Å². The van der Waals surface area contributed by atoms with Crippen molar-refractivity contribution in [1.82, 2.24) is 19.7 Å². The van der Waals surface area contributed by atoms with Gasteiger partial charge in [0.1, 0.15) is 0 Å². The third-order valence-corrected chi connectivity index (χ3v) is 6.25. The maximum absolute atomic E-state index is 12.6. The molecule has 1 heterocycles. The molecule has 0 saturated heterocycles. The molecule has 1 fully saturated rings. The molecule has 0 N–H and O–H groups in total. The SMILES string of the molecule is C=C(C)CN(CC)C(=O)CSc1nnc(-c2ccccc2Cl)n1C1CCCC1. The molecule has 1 saturated carbocycles. The smallest absolute Gasteiger partial charge is 0.233 e. The van der Waals surface area contributed by atoms with E-state index in [1.807, 2.05) is 43.0 Å². The fourth-order valence-electron chi connectivity index (χ4n) is 3.61. The fourth-order valence-corrected chi connectivity index (χ4v) is 4.74. The second-order valence-corrected chi connectivity index (χ2v) is 8.60. The van der Waals surface area contributed by atoms with Crippen LogP contribution in [-0.4, -0.2) is 44.4 Å². The van der Waals surface area contributed by atoms with E-state index in [2.05, 4.69) is 21.3 Å². The van der Waals surface area contributed by atoms with Crippen LogP contribution in [0.5, 0.6) is 0 Å². The minimum absolute atomic E-state index is 0.0933. The number of nitrogens with zero attached hydrogens (tertiary/aromatic N) is 4. The second kappa shape index (κ2) is 9.61. The Kier molecular flexibility index (Phi) is 7.18. The average molecular weight is 419 g/mol. The highest BCUT2D eigenvalue weighted by Gasteiger charge is 2.26. The van der Waals surface area contributed by atoms with Crippen LogP contribution < -0.4 is 0 Å². The fraction of sp³-hybridized carbons (Fsp3) is 0.476. The van der Waals surface area contributed by atoms with Gasteiger partial charge in [-0.3, -0.25) is 9.36 Å². The van der Waals surface area contributed by atoms with Crippen molar-refractivity contribution in [2.45, 2.75) is 50.7 Å². The number of hydrogen-bond donors (Lipinski definition) is 0. The summed E-state index contributed by atoms with van der Waals surface area (Å²) in [5.74, 6) is 1.23. The van der Waals surface area contributed by atoms with Crippen LogP contribution in [0.1, 0.15) is 45.6 Å². The van der Waals surface area contributed by atoms with E-state index in [0.29, 0.717) is 29.9 Å². The molecular formula is C21H27ClN4OS. The first-order chi connectivity index (χ1) is 13.5. The molecule has 0 atom stereocenters. The molecule has 1 amide bonds. The maximum Gasteiger partial charge on any atom is 0.233 e. The van der Waals surface area contributed by atoms with Crippen LogP contribution in [-0.2, 0) is 4.79 Å². The predicted molar refractivity (Wildman–Crippen MR) is 116 cm³/mol. The van der Waals surface area contributed by atoms with Crippen LogP contribution in [0.3, 0.4) is 0 Å². The molecule has 0 unspecified atom stereocenters. The quantitative estimate of drug-likeness (QED) is 0.435. The van der Waals surface area contributed by atoms with Crippen LogP contribution >= 0.6 is 23.4 Å². The summed E-state index contributed by atoms with van der Waals surface area (Å²) in [6.45, 7) is 9.11. The van der Waals surface area contributed by atoms with Crippen molar-refractivity contribution in [3.05, 3.63) is 41.4 Å². The van der Waals surface area contributed by atoms with Gasteiger partial charge in [0.25, 0.3) is 0 Å². The van der Waals surface area contributed by atoms with Gasteiger partial charge < -0.3 is 4.90 Å². The molecule has 7 heteroatoms. The summed E-state index contributed by atoms with van der Waals surface area (Å²) in [5.41, 5.74) is 1.87. The molecule has 0 aliphatic heterocycles. The molecule has 1 aliphatic carbocycles. The molecule has 5 nitrogen and oxygen atoms in total. The molecule has 28 heavy (non-hydrogen) atoms. The van der Waals surface area contributed by atoms with E-state index in [4.69, 9.17) is 11.6 Å². The highest BCUT2D eigenvalue weighted by Crippen LogP contribution is 2.38. The van der Waals surface area contributed by atoms with Crippen molar-refractivity contribution in [3.63, 3.8) is 0 Å². The zero-order valence-corrected chi connectivity index (χ0v) is 18.1. The topological polar surface area (TPSA) is 51.0 Å². The number of carbonyl (C=O) groups excluding carboxylic acids is 1. The van der Waals surface area contributed by atoms with Crippen LogP contribution in [0.4, 0.5) is 0 Å². The number of carbonyl (C=O) groups is 1. The van der Waals surface area contributed by atoms with Crippen LogP contribution in [0.2, 0.25) is 5.02 Å². The molecular weight excluding hydrogens is 392 g/mol. The Bertz CT molecular complexity index is 845. The van der Waals surface area contributed by atoms with Crippen molar-refractivity contribution in [2.24, 2.45) is 0 Å². The molecule has 1 aromatic carbocycles. The molecule has 1 aliphatic rings. The van der Waals surface area contributed by atoms with Gasteiger partial charge in [0.15, 0.2) is 11.0 Å². The Labute approximate surface area is 176 Å². The number of rotatable bonds is 8. The van der Waals surface area contributed by atoms with E-state index in [0.717, 1.165) is 35.0 Å². The zero-order valence-electron chi connectivity index (χ0n) is 16.5. The van der Waals surface area contributed by atoms with Gasteiger partial charge in [0.05, 0.1) is 10.8 Å². The van der Waals surface area contributed by atoms with Gasteiger partial charge in [0.2, 0.25) is 5.91 Å². The third kappa shape index (κ3) is 4.78. The van der Waals surface area contributed by atoms with Crippen molar-refractivity contribution < 1.29 is 4.79 Å². The maximum atomic E-state index is 12.6. The van der Waals surface area contributed by atoms with Crippen molar-refractivity contribution in [3.8, 4) is 11.4 Å².